The van der Waals surface area contributed by atoms with Gasteiger partial charge in [0.1, 0.15) is 11.9 Å². The molecule has 8 nitrogen and oxygen atoms in total. The third-order valence-corrected chi connectivity index (χ3v) is 5.93. The van der Waals surface area contributed by atoms with Crippen molar-refractivity contribution in [3.63, 3.8) is 0 Å². The van der Waals surface area contributed by atoms with Crippen molar-refractivity contribution >= 4 is 23.5 Å². The van der Waals surface area contributed by atoms with Crippen molar-refractivity contribution in [2.24, 2.45) is 5.92 Å². The van der Waals surface area contributed by atoms with E-state index < -0.39 is 0 Å². The number of hydroxylamine groups is 2. The van der Waals surface area contributed by atoms with Gasteiger partial charge in [0.2, 0.25) is 5.91 Å². The van der Waals surface area contributed by atoms with E-state index in [4.69, 9.17) is 10.1 Å². The largest absolute Gasteiger partial charge is 0.356 e. The fourth-order valence-electron chi connectivity index (χ4n) is 3.83. The lowest BCUT2D eigenvalue weighted by atomic mass is 9.94. The number of pyridine rings is 1. The fourth-order valence-corrected chi connectivity index (χ4v) is 4.18. The van der Waals surface area contributed by atoms with Crippen LogP contribution in [-0.2, 0) is 9.63 Å². The Balaban J connectivity index is 1.41. The Morgan fingerprint density at radius 3 is 2.90 bits per heavy atom. The van der Waals surface area contributed by atoms with Gasteiger partial charge in [-0.1, -0.05) is 11.8 Å². The summed E-state index contributed by atoms with van der Waals surface area (Å²) in [7, 11) is 0. The van der Waals surface area contributed by atoms with Gasteiger partial charge < -0.3 is 4.90 Å². The molecular formula is C20H22N6O2S. The molecule has 0 aromatic carbocycles. The fraction of sp³-hybridized carbons (Fsp3) is 0.450. The molecular weight excluding hydrogens is 388 g/mol. The Hall–Kier alpha value is -2.70. The van der Waals surface area contributed by atoms with Crippen molar-refractivity contribution in [2.75, 3.05) is 30.9 Å². The zero-order valence-corrected chi connectivity index (χ0v) is 17.0. The minimum absolute atomic E-state index is 0.0157. The van der Waals surface area contributed by atoms with Crippen molar-refractivity contribution in [2.45, 2.75) is 30.5 Å². The Kier molecular flexibility index (Phi) is 5.92. The van der Waals surface area contributed by atoms with Crippen molar-refractivity contribution < 1.29 is 9.63 Å². The van der Waals surface area contributed by atoms with Crippen LogP contribution in [0.25, 0.3) is 0 Å². The molecule has 150 valence electrons. The normalized spacial score (nSPS) is 19.9. The number of carbonyl (C=O) groups is 1. The number of carbonyl (C=O) groups excluding carboxylic acids is 1. The number of nitrogens with zero attached hydrogens (tertiary/aromatic N) is 6. The van der Waals surface area contributed by atoms with Gasteiger partial charge in [0, 0.05) is 44.0 Å². The number of aromatic nitrogens is 3. The Labute approximate surface area is 173 Å². The van der Waals surface area contributed by atoms with Gasteiger partial charge in [0.05, 0.1) is 18.2 Å². The Morgan fingerprint density at radius 2 is 2.14 bits per heavy atom. The maximum absolute atomic E-state index is 13.2. The third kappa shape index (κ3) is 4.18. The highest BCUT2D eigenvalue weighted by Crippen LogP contribution is 2.34. The lowest BCUT2D eigenvalue weighted by Gasteiger charge is -2.34. The van der Waals surface area contributed by atoms with Crippen LogP contribution in [0.4, 0.5) is 5.82 Å². The Bertz CT molecular complexity index is 925. The summed E-state index contributed by atoms with van der Waals surface area (Å²) in [6.07, 6.45) is 9.18. The first-order chi connectivity index (χ1) is 14.2. The average Bonchev–Trinajstić information content (AvgIpc) is 3.29. The zero-order valence-electron chi connectivity index (χ0n) is 16.2. The number of anilines is 1. The summed E-state index contributed by atoms with van der Waals surface area (Å²) in [4.78, 5) is 33.9. The van der Waals surface area contributed by atoms with Gasteiger partial charge in [-0.15, -0.1) is 0 Å². The van der Waals surface area contributed by atoms with Crippen LogP contribution in [-0.4, -0.2) is 51.9 Å². The number of amides is 1. The summed E-state index contributed by atoms with van der Waals surface area (Å²) in [6.45, 7) is 2.03. The third-order valence-electron chi connectivity index (χ3n) is 5.36. The predicted octanol–water partition coefficient (Wildman–Crippen LogP) is 2.59. The predicted molar refractivity (Wildman–Crippen MR) is 108 cm³/mol. The Morgan fingerprint density at radius 1 is 1.31 bits per heavy atom. The smallest absolute Gasteiger partial charge is 0.249 e. The number of hydrogen-bond acceptors (Lipinski definition) is 8. The van der Waals surface area contributed by atoms with Gasteiger partial charge >= 0.3 is 0 Å². The van der Waals surface area contributed by atoms with Crippen molar-refractivity contribution in [1.82, 2.24) is 20.0 Å². The second-order valence-corrected chi connectivity index (χ2v) is 7.86. The van der Waals surface area contributed by atoms with Crippen LogP contribution in [0.5, 0.6) is 0 Å². The standard InChI is InChI=1S/C20H22N6O2S/c1-29-20-23-6-2-18(24-20)25-7-3-15(4-8-25)19(27)26-17(5-9-28-26)16-10-14(11-21)12-22-13-16/h2,6,10,12-13,15,17H,3-5,7-9H2,1H3. The maximum Gasteiger partial charge on any atom is 0.249 e. The molecule has 1 unspecified atom stereocenters. The summed E-state index contributed by atoms with van der Waals surface area (Å²) in [5.41, 5.74) is 1.34. The molecule has 29 heavy (non-hydrogen) atoms. The van der Waals surface area contributed by atoms with Gasteiger partial charge in [0.25, 0.3) is 0 Å². The molecule has 4 heterocycles. The van der Waals surface area contributed by atoms with E-state index in [1.54, 1.807) is 18.5 Å². The highest BCUT2D eigenvalue weighted by Gasteiger charge is 2.37. The number of thioether (sulfide) groups is 1. The van der Waals surface area contributed by atoms with E-state index in [0.717, 1.165) is 42.5 Å². The SMILES string of the molecule is CSc1nccc(N2CCC(C(=O)N3OCCC3c3cncc(C#N)c3)CC2)n1. The minimum atomic E-state index is -0.188. The molecule has 2 aliphatic heterocycles. The van der Waals surface area contributed by atoms with E-state index in [-0.39, 0.29) is 17.9 Å². The number of rotatable bonds is 4. The molecule has 0 aliphatic carbocycles. The van der Waals surface area contributed by atoms with Crippen molar-refractivity contribution in [1.29, 1.82) is 5.26 Å². The second kappa shape index (κ2) is 8.76. The molecule has 9 heteroatoms. The van der Waals surface area contributed by atoms with E-state index in [1.807, 2.05) is 12.3 Å². The average molecular weight is 411 g/mol. The minimum Gasteiger partial charge on any atom is -0.356 e. The highest BCUT2D eigenvalue weighted by molar-refractivity contribution is 7.98. The molecule has 4 rings (SSSR count). The summed E-state index contributed by atoms with van der Waals surface area (Å²) >= 11 is 1.52. The first-order valence-electron chi connectivity index (χ1n) is 9.62. The molecule has 1 amide bonds. The summed E-state index contributed by atoms with van der Waals surface area (Å²) in [6, 6.07) is 5.61. The molecule has 2 saturated heterocycles. The van der Waals surface area contributed by atoms with E-state index in [0.29, 0.717) is 18.6 Å². The van der Waals surface area contributed by atoms with Gasteiger partial charge in [-0.3, -0.25) is 14.6 Å². The van der Waals surface area contributed by atoms with Crippen LogP contribution in [0.1, 0.15) is 36.4 Å². The first-order valence-corrected chi connectivity index (χ1v) is 10.8. The molecule has 2 aliphatic rings. The van der Waals surface area contributed by atoms with Crippen LogP contribution in [0, 0.1) is 17.2 Å². The second-order valence-electron chi connectivity index (χ2n) is 7.08. The maximum atomic E-state index is 13.2. The number of nitriles is 1. The number of piperidine rings is 1. The van der Waals surface area contributed by atoms with E-state index >= 15 is 0 Å². The zero-order chi connectivity index (χ0) is 20.2. The molecule has 1 atom stereocenters. The monoisotopic (exact) mass is 410 g/mol. The van der Waals surface area contributed by atoms with Crippen LogP contribution >= 0.6 is 11.8 Å². The van der Waals surface area contributed by atoms with Crippen molar-refractivity contribution in [3.8, 4) is 6.07 Å². The molecule has 2 aromatic rings. The topological polar surface area (TPSA) is 95.2 Å². The van der Waals surface area contributed by atoms with Crippen LogP contribution in [0.3, 0.4) is 0 Å². The molecule has 0 spiro atoms. The molecule has 0 saturated carbocycles. The van der Waals surface area contributed by atoms with Crippen LogP contribution in [0.15, 0.2) is 35.9 Å². The highest BCUT2D eigenvalue weighted by atomic mass is 32.2. The summed E-state index contributed by atoms with van der Waals surface area (Å²) in [5, 5.41) is 11.4. The van der Waals surface area contributed by atoms with Crippen molar-refractivity contribution in [3.05, 3.63) is 41.9 Å². The van der Waals surface area contributed by atoms with E-state index in [1.165, 1.54) is 23.0 Å². The van der Waals surface area contributed by atoms with Gasteiger partial charge in [-0.05, 0) is 36.8 Å². The quantitative estimate of drug-likeness (QED) is 0.561. The molecule has 0 bridgehead atoms. The van der Waals surface area contributed by atoms with Gasteiger partial charge in [-0.2, -0.15) is 5.26 Å². The molecule has 2 aromatic heterocycles. The molecule has 0 radical (unpaired) electrons. The lowest BCUT2D eigenvalue weighted by molar-refractivity contribution is -0.182. The summed E-state index contributed by atoms with van der Waals surface area (Å²) < 4.78 is 0. The van der Waals surface area contributed by atoms with Gasteiger partial charge in [0.15, 0.2) is 5.16 Å². The number of hydrogen-bond donors (Lipinski definition) is 0. The van der Waals surface area contributed by atoms with Gasteiger partial charge in [-0.25, -0.2) is 15.0 Å². The lowest BCUT2D eigenvalue weighted by Crippen LogP contribution is -2.42. The van der Waals surface area contributed by atoms with Crippen LogP contribution < -0.4 is 4.90 Å². The van der Waals surface area contributed by atoms with E-state index in [2.05, 4.69) is 25.9 Å². The first kappa shape index (κ1) is 19.6. The van der Waals surface area contributed by atoms with Crippen LogP contribution in [0.2, 0.25) is 0 Å². The summed E-state index contributed by atoms with van der Waals surface area (Å²) in [5.74, 6) is 0.841. The van der Waals surface area contributed by atoms with E-state index in [9.17, 15) is 4.79 Å². The molecule has 2 fully saturated rings. The molecule has 0 N–H and O–H groups in total.